The van der Waals surface area contributed by atoms with Crippen LogP contribution in [0.3, 0.4) is 0 Å². The zero-order valence-electron chi connectivity index (χ0n) is 16.2. The lowest BCUT2D eigenvalue weighted by Crippen LogP contribution is -2.26. The van der Waals surface area contributed by atoms with Crippen LogP contribution in [0.5, 0.6) is 0 Å². The zero-order valence-corrected chi connectivity index (χ0v) is 16.2. The van der Waals surface area contributed by atoms with Gasteiger partial charge >= 0.3 is 0 Å². The van der Waals surface area contributed by atoms with Crippen LogP contribution in [-0.4, -0.2) is 27.0 Å². The maximum atomic E-state index is 12.9. The summed E-state index contributed by atoms with van der Waals surface area (Å²) in [5.74, 6) is 1.32. The summed E-state index contributed by atoms with van der Waals surface area (Å²) in [4.78, 5) is 28.7. The Morgan fingerprint density at radius 1 is 1.21 bits per heavy atom. The van der Waals surface area contributed by atoms with Gasteiger partial charge in [0.15, 0.2) is 5.82 Å². The minimum absolute atomic E-state index is 0.0913. The quantitative estimate of drug-likeness (QED) is 0.717. The molecule has 2 heterocycles. The average Bonchev–Trinajstić information content (AvgIpc) is 3.59. The summed E-state index contributed by atoms with van der Waals surface area (Å²) >= 11 is 0. The number of fused-ring (bicyclic) bond motifs is 1. The largest absolute Gasteiger partial charge is 0.352 e. The summed E-state index contributed by atoms with van der Waals surface area (Å²) in [6.07, 6.45) is 6.13. The lowest BCUT2D eigenvalue weighted by molar-refractivity contribution is 0.0951. The topological polar surface area (TPSA) is 79.3 Å². The number of rotatable bonds is 5. The lowest BCUT2D eigenvalue weighted by Gasteiger charge is -2.06. The van der Waals surface area contributed by atoms with Gasteiger partial charge in [0.1, 0.15) is 5.52 Å². The Bertz CT molecular complexity index is 1150. The second-order valence-electron chi connectivity index (χ2n) is 8.28. The summed E-state index contributed by atoms with van der Waals surface area (Å²) in [5.41, 5.74) is 4.97. The number of nitrogens with one attached hydrogen (secondary N) is 2. The van der Waals surface area contributed by atoms with Gasteiger partial charge in [0, 0.05) is 23.9 Å². The third-order valence-corrected chi connectivity index (χ3v) is 5.94. The highest BCUT2D eigenvalue weighted by atomic mass is 16.1. The molecule has 1 aromatic carbocycles. The number of hydrogen-bond donors (Lipinski definition) is 2. The Labute approximate surface area is 163 Å². The molecule has 2 aromatic heterocycles. The Morgan fingerprint density at radius 2 is 2.00 bits per heavy atom. The predicted molar refractivity (Wildman–Crippen MR) is 108 cm³/mol. The predicted octanol–water partition coefficient (Wildman–Crippen LogP) is 3.32. The molecule has 28 heavy (non-hydrogen) atoms. The van der Waals surface area contributed by atoms with E-state index in [9.17, 15) is 9.59 Å². The first-order valence-corrected chi connectivity index (χ1v) is 10.0. The first-order valence-electron chi connectivity index (χ1n) is 10.0. The van der Waals surface area contributed by atoms with Crippen LogP contribution in [0, 0.1) is 19.8 Å². The van der Waals surface area contributed by atoms with Gasteiger partial charge in [0.05, 0.1) is 5.56 Å². The first kappa shape index (κ1) is 17.2. The SMILES string of the molecule is Cc1ccc(-c2nn3cc(C(=O)NCC4CC4)c(C4CC4)c3c(=O)[nH]2)cc1C. The summed E-state index contributed by atoms with van der Waals surface area (Å²) < 4.78 is 1.60. The van der Waals surface area contributed by atoms with Crippen molar-refractivity contribution >= 4 is 11.4 Å². The molecule has 2 fully saturated rings. The van der Waals surface area contributed by atoms with Crippen molar-refractivity contribution in [2.24, 2.45) is 5.92 Å². The highest BCUT2D eigenvalue weighted by Crippen LogP contribution is 2.43. The number of aromatic amines is 1. The molecule has 2 aliphatic carbocycles. The van der Waals surface area contributed by atoms with E-state index in [1.165, 1.54) is 18.4 Å². The Morgan fingerprint density at radius 3 is 2.68 bits per heavy atom. The molecule has 0 spiro atoms. The van der Waals surface area contributed by atoms with Crippen LogP contribution in [0.2, 0.25) is 0 Å². The average molecular weight is 376 g/mol. The van der Waals surface area contributed by atoms with Crippen molar-refractivity contribution in [3.05, 3.63) is 57.0 Å². The molecule has 2 N–H and O–H groups in total. The molecule has 6 heteroatoms. The molecule has 6 nitrogen and oxygen atoms in total. The Kier molecular flexibility index (Phi) is 3.89. The van der Waals surface area contributed by atoms with Crippen LogP contribution in [-0.2, 0) is 0 Å². The highest BCUT2D eigenvalue weighted by molar-refractivity contribution is 5.98. The number of benzene rings is 1. The molecular weight excluding hydrogens is 352 g/mol. The second kappa shape index (κ2) is 6.33. The van der Waals surface area contributed by atoms with E-state index < -0.39 is 0 Å². The van der Waals surface area contributed by atoms with Crippen molar-refractivity contribution in [2.45, 2.75) is 45.4 Å². The third-order valence-electron chi connectivity index (χ3n) is 5.94. The van der Waals surface area contributed by atoms with E-state index in [1.54, 1.807) is 10.7 Å². The molecule has 0 aliphatic heterocycles. The van der Waals surface area contributed by atoms with Gasteiger partial charge in [-0.1, -0.05) is 12.1 Å². The molecule has 5 rings (SSSR count). The third kappa shape index (κ3) is 3.03. The molecule has 3 aromatic rings. The fourth-order valence-corrected chi connectivity index (χ4v) is 3.75. The first-order chi connectivity index (χ1) is 13.5. The summed E-state index contributed by atoms with van der Waals surface area (Å²) in [6.45, 7) is 4.81. The molecule has 0 unspecified atom stereocenters. The van der Waals surface area contributed by atoms with Crippen molar-refractivity contribution < 1.29 is 4.79 Å². The fourth-order valence-electron chi connectivity index (χ4n) is 3.75. The summed E-state index contributed by atoms with van der Waals surface area (Å²) in [7, 11) is 0. The summed E-state index contributed by atoms with van der Waals surface area (Å²) in [5, 5.41) is 7.67. The van der Waals surface area contributed by atoms with E-state index in [2.05, 4.69) is 22.3 Å². The Balaban J connectivity index is 1.60. The normalized spacial score (nSPS) is 16.5. The maximum absolute atomic E-state index is 12.9. The summed E-state index contributed by atoms with van der Waals surface area (Å²) in [6, 6.07) is 6.01. The number of aromatic nitrogens is 3. The molecule has 2 aliphatic rings. The van der Waals surface area contributed by atoms with Crippen LogP contribution >= 0.6 is 0 Å². The number of hydrogen-bond acceptors (Lipinski definition) is 3. The molecule has 144 valence electrons. The second-order valence-corrected chi connectivity index (χ2v) is 8.28. The van der Waals surface area contributed by atoms with Crippen LogP contribution < -0.4 is 10.9 Å². The van der Waals surface area contributed by atoms with Crippen molar-refractivity contribution in [3.63, 3.8) is 0 Å². The minimum Gasteiger partial charge on any atom is -0.352 e. The van der Waals surface area contributed by atoms with Gasteiger partial charge in [-0.25, -0.2) is 4.52 Å². The van der Waals surface area contributed by atoms with E-state index in [0.717, 1.165) is 29.5 Å². The molecule has 0 atom stereocenters. The molecular formula is C22H24N4O2. The number of amides is 1. The van der Waals surface area contributed by atoms with Crippen LogP contribution in [0.15, 0.2) is 29.2 Å². The molecule has 2 saturated carbocycles. The van der Waals surface area contributed by atoms with Crippen molar-refractivity contribution in [1.29, 1.82) is 0 Å². The zero-order chi connectivity index (χ0) is 19.4. The standard InChI is InChI=1S/C22H24N4O2/c1-12-3-6-16(9-13(12)2)20-24-22(28)19-18(15-7-8-15)17(11-26(19)25-20)21(27)23-10-14-4-5-14/h3,6,9,11,14-15H,4-5,7-8,10H2,1-2H3,(H,23,27)(H,24,25,28). The number of aryl methyl sites for hydroxylation is 2. The number of carbonyl (C=O) groups is 1. The number of H-pyrrole nitrogens is 1. The number of carbonyl (C=O) groups excluding carboxylic acids is 1. The molecule has 0 bridgehead atoms. The molecule has 0 saturated heterocycles. The van der Waals surface area contributed by atoms with Crippen molar-refractivity contribution in [1.82, 2.24) is 19.9 Å². The number of nitrogens with zero attached hydrogens (tertiary/aromatic N) is 2. The molecule has 1 amide bonds. The maximum Gasteiger partial charge on any atom is 0.275 e. The fraction of sp³-hybridized carbons (Fsp3) is 0.409. The van der Waals surface area contributed by atoms with Gasteiger partial charge in [-0.15, -0.1) is 5.10 Å². The van der Waals surface area contributed by atoms with Crippen molar-refractivity contribution in [3.8, 4) is 11.4 Å². The van der Waals surface area contributed by atoms with Crippen LogP contribution in [0.1, 0.15) is 58.6 Å². The van der Waals surface area contributed by atoms with Gasteiger partial charge in [-0.3, -0.25) is 9.59 Å². The van der Waals surface area contributed by atoms with Gasteiger partial charge in [0.2, 0.25) is 0 Å². The van der Waals surface area contributed by atoms with Crippen molar-refractivity contribution in [2.75, 3.05) is 6.54 Å². The van der Waals surface area contributed by atoms with E-state index in [0.29, 0.717) is 29.4 Å². The monoisotopic (exact) mass is 376 g/mol. The van der Waals surface area contributed by atoms with Crippen LogP contribution in [0.4, 0.5) is 0 Å². The van der Waals surface area contributed by atoms with Gasteiger partial charge in [-0.2, -0.15) is 0 Å². The van der Waals surface area contributed by atoms with Gasteiger partial charge < -0.3 is 10.3 Å². The minimum atomic E-state index is -0.189. The smallest absolute Gasteiger partial charge is 0.275 e. The van der Waals surface area contributed by atoms with E-state index >= 15 is 0 Å². The van der Waals surface area contributed by atoms with Crippen LogP contribution in [0.25, 0.3) is 16.9 Å². The van der Waals surface area contributed by atoms with E-state index in [1.807, 2.05) is 25.1 Å². The lowest BCUT2D eigenvalue weighted by atomic mass is 10.1. The van der Waals surface area contributed by atoms with Gasteiger partial charge in [0.25, 0.3) is 11.5 Å². The molecule has 0 radical (unpaired) electrons. The highest BCUT2D eigenvalue weighted by Gasteiger charge is 2.33. The van der Waals surface area contributed by atoms with Gasteiger partial charge in [-0.05, 0) is 68.6 Å². The van der Waals surface area contributed by atoms with E-state index in [4.69, 9.17) is 0 Å². The Hall–Kier alpha value is -2.89. The van der Waals surface area contributed by atoms with E-state index in [-0.39, 0.29) is 17.4 Å².